The molecule has 0 unspecified atom stereocenters. The second-order valence-corrected chi connectivity index (χ2v) is 1.79. The first kappa shape index (κ1) is 6.92. The molecule has 0 aliphatic carbocycles. The summed E-state index contributed by atoms with van der Waals surface area (Å²) >= 11 is 0. The van der Waals surface area contributed by atoms with Crippen LogP contribution in [-0.2, 0) is 0 Å². The predicted molar refractivity (Wildman–Crippen MR) is 33.3 cm³/mol. The zero-order valence-corrected chi connectivity index (χ0v) is 5.76. The summed E-state index contributed by atoms with van der Waals surface area (Å²) in [7, 11) is 1.44. The van der Waals surface area contributed by atoms with Crippen molar-refractivity contribution in [2.75, 3.05) is 7.11 Å². The summed E-state index contributed by atoms with van der Waals surface area (Å²) in [4.78, 5) is 7.23. The lowest BCUT2D eigenvalue weighted by Gasteiger charge is -1.97. The number of halogens is 1. The van der Waals surface area contributed by atoms with E-state index in [-0.39, 0.29) is 6.01 Å². The van der Waals surface area contributed by atoms with Crippen LogP contribution in [0, 0.1) is 12.7 Å². The molecule has 0 N–H and O–H groups in total. The molecule has 0 aliphatic heterocycles. The molecule has 1 aromatic rings. The summed E-state index contributed by atoms with van der Waals surface area (Å²) in [5.41, 5.74) is 0.298. The van der Waals surface area contributed by atoms with Crippen LogP contribution >= 0.6 is 0 Å². The lowest BCUT2D eigenvalue weighted by Crippen LogP contribution is -1.95. The van der Waals surface area contributed by atoms with E-state index in [1.165, 1.54) is 7.11 Å². The van der Waals surface area contributed by atoms with Crippen LogP contribution in [0.25, 0.3) is 0 Å². The van der Waals surface area contributed by atoms with E-state index >= 15 is 0 Å². The van der Waals surface area contributed by atoms with E-state index in [1.54, 1.807) is 6.92 Å². The minimum absolute atomic E-state index is 0.193. The van der Waals surface area contributed by atoms with Gasteiger partial charge >= 0.3 is 6.01 Å². The van der Waals surface area contributed by atoms with Gasteiger partial charge in [0.15, 0.2) is 5.82 Å². The van der Waals surface area contributed by atoms with Crippen molar-refractivity contribution >= 4 is 0 Å². The maximum atomic E-state index is 12.5. The second-order valence-electron chi connectivity index (χ2n) is 1.79. The Morgan fingerprint density at radius 2 is 2.30 bits per heavy atom. The Balaban J connectivity index is 3.04. The van der Waals surface area contributed by atoms with Crippen LogP contribution in [-0.4, -0.2) is 17.1 Å². The van der Waals surface area contributed by atoms with Crippen molar-refractivity contribution in [3.05, 3.63) is 17.7 Å². The summed E-state index contributed by atoms with van der Waals surface area (Å²) in [6, 6.07) is 0.193. The summed E-state index contributed by atoms with van der Waals surface area (Å²) in [6.07, 6.45) is 1.08. The fourth-order valence-electron chi connectivity index (χ4n) is 0.529. The van der Waals surface area contributed by atoms with E-state index in [0.29, 0.717) is 5.69 Å². The molecule has 0 aliphatic rings. The van der Waals surface area contributed by atoms with Crippen molar-refractivity contribution in [1.82, 2.24) is 9.97 Å². The minimum Gasteiger partial charge on any atom is -0.467 e. The lowest BCUT2D eigenvalue weighted by atomic mass is 10.4. The highest BCUT2D eigenvalue weighted by Gasteiger charge is 1.99. The minimum atomic E-state index is -0.416. The van der Waals surface area contributed by atoms with Gasteiger partial charge in [-0.05, 0) is 6.92 Å². The van der Waals surface area contributed by atoms with Crippen LogP contribution in [0.5, 0.6) is 6.01 Å². The van der Waals surface area contributed by atoms with Crippen molar-refractivity contribution in [1.29, 1.82) is 0 Å². The van der Waals surface area contributed by atoms with Gasteiger partial charge in [-0.1, -0.05) is 0 Å². The molecule has 1 heterocycles. The molecule has 4 heteroatoms. The predicted octanol–water partition coefficient (Wildman–Crippen LogP) is 0.933. The standard InChI is InChI=1S/C6H7FN2O/c1-4-5(7)3-8-6(9-4)10-2/h3H,1-2H3. The first-order valence-electron chi connectivity index (χ1n) is 2.77. The van der Waals surface area contributed by atoms with Gasteiger partial charge in [-0.3, -0.25) is 0 Å². The van der Waals surface area contributed by atoms with Crippen molar-refractivity contribution < 1.29 is 9.13 Å². The first-order valence-corrected chi connectivity index (χ1v) is 2.77. The molecular weight excluding hydrogens is 135 g/mol. The van der Waals surface area contributed by atoms with Gasteiger partial charge in [0.1, 0.15) is 0 Å². The highest BCUT2D eigenvalue weighted by molar-refractivity contribution is 5.05. The molecular formula is C6H7FN2O. The molecule has 0 amide bonds. The third-order valence-corrected chi connectivity index (χ3v) is 1.08. The van der Waals surface area contributed by atoms with Crippen LogP contribution in [0.4, 0.5) is 4.39 Å². The Morgan fingerprint density at radius 1 is 1.60 bits per heavy atom. The molecule has 0 fully saturated rings. The van der Waals surface area contributed by atoms with E-state index in [0.717, 1.165) is 6.20 Å². The molecule has 0 atom stereocenters. The van der Waals surface area contributed by atoms with Crippen LogP contribution in [0.3, 0.4) is 0 Å². The topological polar surface area (TPSA) is 35.0 Å². The third kappa shape index (κ3) is 1.21. The third-order valence-electron chi connectivity index (χ3n) is 1.08. The van der Waals surface area contributed by atoms with Gasteiger partial charge in [0.25, 0.3) is 0 Å². The average Bonchev–Trinajstić information content (AvgIpc) is 1.95. The monoisotopic (exact) mass is 142 g/mol. The molecule has 3 nitrogen and oxygen atoms in total. The summed E-state index contributed by atoms with van der Waals surface area (Å²) in [6.45, 7) is 1.56. The SMILES string of the molecule is COc1ncc(F)c(C)n1. The largest absolute Gasteiger partial charge is 0.467 e. The number of nitrogens with zero attached hydrogens (tertiary/aromatic N) is 2. The molecule has 0 spiro atoms. The van der Waals surface area contributed by atoms with Crippen molar-refractivity contribution in [2.45, 2.75) is 6.92 Å². The zero-order chi connectivity index (χ0) is 7.56. The van der Waals surface area contributed by atoms with E-state index in [9.17, 15) is 4.39 Å². The van der Waals surface area contributed by atoms with Crippen LogP contribution < -0.4 is 4.74 Å². The fraction of sp³-hybridized carbons (Fsp3) is 0.333. The molecule has 0 radical (unpaired) electrons. The fourth-order valence-corrected chi connectivity index (χ4v) is 0.529. The van der Waals surface area contributed by atoms with E-state index in [4.69, 9.17) is 0 Å². The molecule has 0 saturated carbocycles. The number of rotatable bonds is 1. The summed E-state index contributed by atoms with van der Waals surface area (Å²) in [5, 5.41) is 0. The quantitative estimate of drug-likeness (QED) is 0.585. The second kappa shape index (κ2) is 2.60. The molecule has 0 bridgehead atoms. The maximum absolute atomic E-state index is 12.5. The van der Waals surface area contributed by atoms with Crippen LogP contribution in [0.2, 0.25) is 0 Å². The zero-order valence-electron chi connectivity index (χ0n) is 5.76. The molecule has 0 saturated heterocycles. The lowest BCUT2D eigenvalue weighted by molar-refractivity contribution is 0.375. The average molecular weight is 142 g/mol. The highest BCUT2D eigenvalue weighted by Crippen LogP contribution is 2.04. The Morgan fingerprint density at radius 3 is 2.80 bits per heavy atom. The molecule has 1 aromatic heterocycles. The van der Waals surface area contributed by atoms with Gasteiger partial charge < -0.3 is 4.74 Å². The summed E-state index contributed by atoms with van der Waals surface area (Å²) in [5.74, 6) is -0.416. The van der Waals surface area contributed by atoms with Crippen LogP contribution in [0.15, 0.2) is 6.20 Å². The smallest absolute Gasteiger partial charge is 0.316 e. The van der Waals surface area contributed by atoms with Crippen LogP contribution in [0.1, 0.15) is 5.69 Å². The van der Waals surface area contributed by atoms with Crippen molar-refractivity contribution in [2.24, 2.45) is 0 Å². The molecule has 10 heavy (non-hydrogen) atoms. The molecule has 0 aromatic carbocycles. The Kier molecular flexibility index (Phi) is 1.80. The summed E-state index contributed by atoms with van der Waals surface area (Å²) < 4.78 is 17.1. The Labute approximate surface area is 57.9 Å². The number of methoxy groups -OCH3 is 1. The Hall–Kier alpha value is -1.19. The molecule has 1 rings (SSSR count). The van der Waals surface area contributed by atoms with Gasteiger partial charge in [0.05, 0.1) is 19.0 Å². The van der Waals surface area contributed by atoms with Gasteiger partial charge in [0.2, 0.25) is 0 Å². The number of aryl methyl sites for hydroxylation is 1. The van der Waals surface area contributed by atoms with Gasteiger partial charge in [-0.25, -0.2) is 9.37 Å². The van der Waals surface area contributed by atoms with Gasteiger partial charge in [-0.2, -0.15) is 4.98 Å². The van der Waals surface area contributed by atoms with E-state index in [2.05, 4.69) is 14.7 Å². The van der Waals surface area contributed by atoms with Gasteiger partial charge in [-0.15, -0.1) is 0 Å². The van der Waals surface area contributed by atoms with E-state index < -0.39 is 5.82 Å². The van der Waals surface area contributed by atoms with E-state index in [1.807, 2.05) is 0 Å². The highest BCUT2D eigenvalue weighted by atomic mass is 19.1. The normalized spacial score (nSPS) is 9.50. The number of ether oxygens (including phenoxy) is 1. The van der Waals surface area contributed by atoms with Crippen molar-refractivity contribution in [3.63, 3.8) is 0 Å². The Bertz CT molecular complexity index is 239. The number of hydrogen-bond donors (Lipinski definition) is 0. The molecule has 54 valence electrons. The maximum Gasteiger partial charge on any atom is 0.316 e. The number of hydrogen-bond acceptors (Lipinski definition) is 3. The van der Waals surface area contributed by atoms with Gasteiger partial charge in [0, 0.05) is 0 Å². The first-order chi connectivity index (χ1) is 4.74. The number of aromatic nitrogens is 2. The van der Waals surface area contributed by atoms with Crippen molar-refractivity contribution in [3.8, 4) is 6.01 Å².